The number of anilines is 1. The summed E-state index contributed by atoms with van der Waals surface area (Å²) < 4.78 is 11.3. The third-order valence-electron chi connectivity index (χ3n) is 3.94. The van der Waals surface area contributed by atoms with Gasteiger partial charge < -0.3 is 14.5 Å². The minimum absolute atomic E-state index is 0.148. The molecule has 9 heteroatoms. The number of hydrogen-bond acceptors (Lipinski definition) is 6. The molecular formula is C20H19Cl2N3O3S. The smallest absolute Gasteiger partial charge is 0.277 e. The Morgan fingerprint density at radius 2 is 1.97 bits per heavy atom. The van der Waals surface area contributed by atoms with Crippen LogP contribution in [0.25, 0.3) is 0 Å². The van der Waals surface area contributed by atoms with Gasteiger partial charge in [0.15, 0.2) is 6.10 Å². The maximum atomic E-state index is 12.1. The number of ether oxygens (including phenoxy) is 1. The molecule has 0 aliphatic heterocycles. The van der Waals surface area contributed by atoms with E-state index >= 15 is 0 Å². The molecule has 3 aromatic rings. The number of amides is 1. The first-order valence-electron chi connectivity index (χ1n) is 8.91. The zero-order chi connectivity index (χ0) is 20.8. The molecule has 0 fully saturated rings. The van der Waals surface area contributed by atoms with Gasteiger partial charge in [-0.1, -0.05) is 54.0 Å². The lowest BCUT2D eigenvalue weighted by atomic mass is 10.1. The molecule has 152 valence electrons. The summed E-state index contributed by atoms with van der Waals surface area (Å²) >= 11 is 13.1. The monoisotopic (exact) mass is 451 g/mol. The second-order valence-corrected chi connectivity index (χ2v) is 7.90. The van der Waals surface area contributed by atoms with Crippen molar-refractivity contribution in [3.63, 3.8) is 0 Å². The lowest BCUT2D eigenvalue weighted by molar-refractivity contribution is -0.113. The van der Waals surface area contributed by atoms with Crippen LogP contribution in [-0.4, -0.2) is 21.9 Å². The van der Waals surface area contributed by atoms with Crippen LogP contribution in [-0.2, 0) is 11.2 Å². The van der Waals surface area contributed by atoms with Crippen molar-refractivity contribution >= 4 is 46.6 Å². The van der Waals surface area contributed by atoms with E-state index in [4.69, 9.17) is 32.4 Å². The van der Waals surface area contributed by atoms with Gasteiger partial charge in [-0.15, -0.1) is 10.2 Å². The van der Waals surface area contributed by atoms with Crippen LogP contribution in [0.4, 0.5) is 5.69 Å². The third kappa shape index (κ3) is 6.13. The Balaban J connectivity index is 1.51. The van der Waals surface area contributed by atoms with Gasteiger partial charge in [0.2, 0.25) is 5.91 Å². The van der Waals surface area contributed by atoms with Gasteiger partial charge in [-0.3, -0.25) is 4.79 Å². The molecule has 6 nitrogen and oxygen atoms in total. The fraction of sp³-hybridized carbons (Fsp3) is 0.250. The third-order valence-corrected chi connectivity index (χ3v) is 5.29. The van der Waals surface area contributed by atoms with Crippen molar-refractivity contribution in [2.24, 2.45) is 0 Å². The van der Waals surface area contributed by atoms with Crippen molar-refractivity contribution in [1.29, 1.82) is 0 Å². The highest BCUT2D eigenvalue weighted by molar-refractivity contribution is 7.99. The summed E-state index contributed by atoms with van der Waals surface area (Å²) in [6, 6.07) is 12.7. The van der Waals surface area contributed by atoms with Crippen LogP contribution in [0.3, 0.4) is 0 Å². The molecule has 1 N–H and O–H groups in total. The van der Waals surface area contributed by atoms with Crippen LogP contribution < -0.4 is 10.1 Å². The fourth-order valence-corrected chi connectivity index (χ4v) is 3.43. The van der Waals surface area contributed by atoms with Crippen LogP contribution in [0, 0.1) is 0 Å². The van der Waals surface area contributed by atoms with Gasteiger partial charge in [-0.2, -0.15) is 0 Å². The minimum atomic E-state index is -0.513. The van der Waals surface area contributed by atoms with E-state index in [1.54, 1.807) is 25.1 Å². The lowest BCUT2D eigenvalue weighted by Gasteiger charge is -2.12. The predicted octanol–water partition coefficient (Wildman–Crippen LogP) is 5.81. The van der Waals surface area contributed by atoms with Gasteiger partial charge in [0, 0.05) is 10.7 Å². The zero-order valence-corrected chi connectivity index (χ0v) is 18.1. The standard InChI is InChI=1S/C20H19Cl2N3O3S/c1-3-13-4-7-15(8-5-13)23-18(26)11-29-20-25-24-19(28-20)12(2)27-17-9-6-14(21)10-16(17)22/h4-10,12H,3,11H2,1-2H3,(H,23,26)/t12-/m1/s1. The maximum Gasteiger partial charge on any atom is 0.277 e. The van der Waals surface area contributed by atoms with E-state index in [0.29, 0.717) is 15.8 Å². The molecule has 0 aliphatic rings. The van der Waals surface area contributed by atoms with Crippen LogP contribution in [0.1, 0.15) is 31.4 Å². The first-order valence-corrected chi connectivity index (χ1v) is 10.7. The Labute approximate surface area is 182 Å². The van der Waals surface area contributed by atoms with Crippen molar-refractivity contribution in [2.75, 3.05) is 11.1 Å². The van der Waals surface area contributed by atoms with E-state index in [-0.39, 0.29) is 22.8 Å². The van der Waals surface area contributed by atoms with Gasteiger partial charge in [0.1, 0.15) is 5.75 Å². The number of halogens is 2. The van der Waals surface area contributed by atoms with Crippen LogP contribution >= 0.6 is 35.0 Å². The number of thioether (sulfide) groups is 1. The minimum Gasteiger partial charge on any atom is -0.479 e. The highest BCUT2D eigenvalue weighted by atomic mass is 35.5. The van der Waals surface area contributed by atoms with Gasteiger partial charge in [-0.25, -0.2) is 0 Å². The Kier molecular flexibility index (Phi) is 7.41. The number of aryl methyl sites for hydroxylation is 1. The Morgan fingerprint density at radius 1 is 1.21 bits per heavy atom. The van der Waals surface area contributed by atoms with Crippen molar-refractivity contribution in [1.82, 2.24) is 10.2 Å². The molecule has 1 aromatic heterocycles. The van der Waals surface area contributed by atoms with Crippen molar-refractivity contribution in [2.45, 2.75) is 31.6 Å². The Hall–Kier alpha value is -2.22. The first-order chi connectivity index (χ1) is 13.9. The summed E-state index contributed by atoms with van der Waals surface area (Å²) in [6.45, 7) is 3.85. The first kappa shape index (κ1) is 21.5. The number of carbonyl (C=O) groups is 1. The molecule has 0 radical (unpaired) electrons. The summed E-state index contributed by atoms with van der Waals surface area (Å²) in [7, 11) is 0. The molecule has 0 aliphatic carbocycles. The van der Waals surface area contributed by atoms with E-state index in [9.17, 15) is 4.79 Å². The number of aromatic nitrogens is 2. The molecule has 0 bridgehead atoms. The van der Waals surface area contributed by atoms with Crippen LogP contribution in [0.2, 0.25) is 10.0 Å². The van der Waals surface area contributed by atoms with Gasteiger partial charge in [-0.05, 0) is 49.2 Å². The summed E-state index contributed by atoms with van der Waals surface area (Å²) in [5.74, 6) is 0.741. The largest absolute Gasteiger partial charge is 0.479 e. The quantitative estimate of drug-likeness (QED) is 0.435. The van der Waals surface area contributed by atoms with Crippen molar-refractivity contribution in [3.8, 4) is 5.75 Å². The SMILES string of the molecule is CCc1ccc(NC(=O)CSc2nnc([C@@H](C)Oc3ccc(Cl)cc3Cl)o2)cc1. The van der Waals surface area contributed by atoms with Crippen LogP contribution in [0.15, 0.2) is 52.1 Å². The Morgan fingerprint density at radius 3 is 2.66 bits per heavy atom. The zero-order valence-electron chi connectivity index (χ0n) is 15.8. The van der Waals surface area contributed by atoms with E-state index < -0.39 is 6.10 Å². The number of hydrogen-bond donors (Lipinski definition) is 1. The topological polar surface area (TPSA) is 77.2 Å². The van der Waals surface area contributed by atoms with E-state index in [1.165, 1.54) is 5.56 Å². The lowest BCUT2D eigenvalue weighted by Crippen LogP contribution is -2.13. The Bertz CT molecular complexity index is 979. The molecular weight excluding hydrogens is 433 g/mol. The fourth-order valence-electron chi connectivity index (χ4n) is 2.40. The van der Waals surface area contributed by atoms with E-state index in [0.717, 1.165) is 23.9 Å². The maximum absolute atomic E-state index is 12.1. The molecule has 2 aromatic carbocycles. The molecule has 1 heterocycles. The van der Waals surface area contributed by atoms with Gasteiger partial charge in [0.25, 0.3) is 11.1 Å². The summed E-state index contributed by atoms with van der Waals surface area (Å²) in [6.07, 6.45) is 0.442. The summed E-state index contributed by atoms with van der Waals surface area (Å²) in [4.78, 5) is 12.1. The highest BCUT2D eigenvalue weighted by Crippen LogP contribution is 2.31. The van der Waals surface area contributed by atoms with Crippen molar-refractivity contribution in [3.05, 3.63) is 64.0 Å². The summed E-state index contributed by atoms with van der Waals surface area (Å²) in [5, 5.41) is 12.0. The molecule has 1 atom stereocenters. The molecule has 0 saturated heterocycles. The molecule has 1 amide bonds. The van der Waals surface area contributed by atoms with E-state index in [2.05, 4.69) is 22.4 Å². The number of nitrogens with zero attached hydrogens (tertiary/aromatic N) is 2. The number of rotatable bonds is 8. The molecule has 0 spiro atoms. The van der Waals surface area contributed by atoms with Gasteiger partial charge >= 0.3 is 0 Å². The number of benzene rings is 2. The normalized spacial score (nSPS) is 11.9. The number of carbonyl (C=O) groups excluding carboxylic acids is 1. The van der Waals surface area contributed by atoms with Crippen molar-refractivity contribution < 1.29 is 13.9 Å². The average molecular weight is 452 g/mol. The second kappa shape index (κ2) is 10.0. The summed E-state index contributed by atoms with van der Waals surface area (Å²) in [5.41, 5.74) is 1.97. The predicted molar refractivity (Wildman–Crippen MR) is 115 cm³/mol. The molecule has 3 rings (SSSR count). The molecule has 29 heavy (non-hydrogen) atoms. The second-order valence-electron chi connectivity index (χ2n) is 6.13. The molecule has 0 saturated carbocycles. The highest BCUT2D eigenvalue weighted by Gasteiger charge is 2.18. The van der Waals surface area contributed by atoms with Crippen LogP contribution in [0.5, 0.6) is 5.75 Å². The van der Waals surface area contributed by atoms with Gasteiger partial charge in [0.05, 0.1) is 10.8 Å². The molecule has 0 unspecified atom stereocenters. The van der Waals surface area contributed by atoms with E-state index in [1.807, 2.05) is 24.3 Å². The average Bonchev–Trinajstić information content (AvgIpc) is 3.18. The number of nitrogens with one attached hydrogen (secondary N) is 1.